The maximum Gasteiger partial charge on any atom is 0.296 e. The Balaban J connectivity index is 2.83. The molecule has 1 aromatic rings. The molecule has 8 heteroatoms. The minimum Gasteiger partial charge on any atom is -0.318 e. The number of halogens is 2. The first-order chi connectivity index (χ1) is 9.32. The third-order valence-corrected chi connectivity index (χ3v) is 2.44. The van der Waals surface area contributed by atoms with Crippen LogP contribution >= 0.6 is 0 Å². The number of nitro benzene ring substituents is 1. The van der Waals surface area contributed by atoms with Crippen LogP contribution in [0.15, 0.2) is 12.1 Å². The first-order valence-electron chi connectivity index (χ1n) is 5.98. The van der Waals surface area contributed by atoms with Gasteiger partial charge in [0.25, 0.3) is 5.69 Å². The van der Waals surface area contributed by atoms with Crippen LogP contribution in [0, 0.1) is 21.7 Å². The topological polar surface area (TPSA) is 84.3 Å². The van der Waals surface area contributed by atoms with Gasteiger partial charge in [-0.25, -0.2) is 8.78 Å². The molecule has 20 heavy (non-hydrogen) atoms. The van der Waals surface area contributed by atoms with Gasteiger partial charge in [-0.1, -0.05) is 13.8 Å². The average Bonchev–Trinajstić information content (AvgIpc) is 2.34. The minimum atomic E-state index is -1.44. The fourth-order valence-corrected chi connectivity index (χ4v) is 1.49. The molecule has 0 aliphatic heterocycles. The van der Waals surface area contributed by atoms with Gasteiger partial charge in [0.15, 0.2) is 17.3 Å². The zero-order valence-corrected chi connectivity index (χ0v) is 11.1. The Morgan fingerprint density at radius 3 is 2.60 bits per heavy atom. The van der Waals surface area contributed by atoms with E-state index in [2.05, 4.69) is 5.32 Å². The zero-order valence-electron chi connectivity index (χ0n) is 11.1. The lowest BCUT2D eigenvalue weighted by Gasteiger charge is -2.09. The van der Waals surface area contributed by atoms with Crippen LogP contribution < -0.4 is 10.6 Å². The summed E-state index contributed by atoms with van der Waals surface area (Å²) in [5.41, 5.74) is -1.43. The van der Waals surface area contributed by atoms with Crippen molar-refractivity contribution < 1.29 is 18.5 Å². The Morgan fingerprint density at radius 1 is 1.40 bits per heavy atom. The van der Waals surface area contributed by atoms with E-state index >= 15 is 0 Å². The van der Waals surface area contributed by atoms with Crippen LogP contribution in [0.3, 0.4) is 0 Å². The van der Waals surface area contributed by atoms with E-state index < -0.39 is 33.8 Å². The Labute approximate surface area is 114 Å². The molecular formula is C12H15F2N3O3. The largest absolute Gasteiger partial charge is 0.318 e. The highest BCUT2D eigenvalue weighted by Gasteiger charge is 2.23. The second-order valence-corrected chi connectivity index (χ2v) is 4.42. The lowest BCUT2D eigenvalue weighted by Crippen LogP contribution is -2.27. The van der Waals surface area contributed by atoms with Crippen molar-refractivity contribution in [2.45, 2.75) is 26.3 Å². The van der Waals surface area contributed by atoms with Crippen molar-refractivity contribution in [1.82, 2.24) is 5.32 Å². The van der Waals surface area contributed by atoms with E-state index in [1.54, 1.807) is 0 Å². The standard InChI is InChI=1S/C12H15F2N3O3/c1-7(2)15-6-5-10(18)16-12-9(17(19)20)4-3-8(13)11(12)14/h3-4,7,15H,5-6H2,1-2H3,(H,16,18). The normalized spacial score (nSPS) is 10.7. The monoisotopic (exact) mass is 287 g/mol. The fourth-order valence-electron chi connectivity index (χ4n) is 1.49. The second-order valence-electron chi connectivity index (χ2n) is 4.42. The van der Waals surface area contributed by atoms with E-state index in [1.807, 2.05) is 19.2 Å². The molecule has 0 fully saturated rings. The smallest absolute Gasteiger partial charge is 0.296 e. The first-order valence-corrected chi connectivity index (χ1v) is 5.98. The van der Waals surface area contributed by atoms with Gasteiger partial charge in [-0.2, -0.15) is 0 Å². The van der Waals surface area contributed by atoms with Gasteiger partial charge >= 0.3 is 0 Å². The summed E-state index contributed by atoms with van der Waals surface area (Å²) in [7, 11) is 0. The third-order valence-electron chi connectivity index (χ3n) is 2.44. The van der Waals surface area contributed by atoms with Crippen LogP contribution in [0.4, 0.5) is 20.2 Å². The maximum atomic E-state index is 13.5. The highest BCUT2D eigenvalue weighted by Crippen LogP contribution is 2.29. The summed E-state index contributed by atoms with van der Waals surface area (Å²) >= 11 is 0. The lowest BCUT2D eigenvalue weighted by atomic mass is 10.2. The number of nitrogens with one attached hydrogen (secondary N) is 2. The molecule has 0 aliphatic carbocycles. The molecule has 110 valence electrons. The Hall–Kier alpha value is -2.09. The van der Waals surface area contributed by atoms with Crippen LogP contribution in [0.5, 0.6) is 0 Å². The van der Waals surface area contributed by atoms with Crippen molar-refractivity contribution in [1.29, 1.82) is 0 Å². The van der Waals surface area contributed by atoms with E-state index in [0.717, 1.165) is 6.07 Å². The fraction of sp³-hybridized carbons (Fsp3) is 0.417. The van der Waals surface area contributed by atoms with Crippen molar-refractivity contribution in [2.75, 3.05) is 11.9 Å². The minimum absolute atomic E-state index is 0.00864. The number of nitrogens with zero attached hydrogens (tertiary/aromatic N) is 1. The number of rotatable bonds is 6. The summed E-state index contributed by atoms with van der Waals surface area (Å²) in [6, 6.07) is 1.62. The van der Waals surface area contributed by atoms with Crippen LogP contribution in [0.25, 0.3) is 0 Å². The van der Waals surface area contributed by atoms with Crippen LogP contribution in [0.1, 0.15) is 20.3 Å². The van der Waals surface area contributed by atoms with Gasteiger partial charge in [0.05, 0.1) is 4.92 Å². The summed E-state index contributed by atoms with van der Waals surface area (Å²) < 4.78 is 26.6. The number of amides is 1. The molecule has 1 aromatic carbocycles. The highest BCUT2D eigenvalue weighted by molar-refractivity contribution is 5.93. The summed E-state index contributed by atoms with van der Waals surface area (Å²) in [6.07, 6.45) is -0.00864. The molecular weight excluding hydrogens is 272 g/mol. The molecule has 0 atom stereocenters. The lowest BCUT2D eigenvalue weighted by molar-refractivity contribution is -0.384. The average molecular weight is 287 g/mol. The molecule has 1 rings (SSSR count). The summed E-state index contributed by atoms with van der Waals surface area (Å²) in [5, 5.41) is 15.7. The molecule has 0 heterocycles. The number of anilines is 1. The quantitative estimate of drug-likeness (QED) is 0.620. The number of carbonyl (C=O) groups excluding carboxylic acids is 1. The van der Waals surface area contributed by atoms with E-state index in [4.69, 9.17) is 0 Å². The van der Waals surface area contributed by atoms with Crippen molar-refractivity contribution in [3.8, 4) is 0 Å². The van der Waals surface area contributed by atoms with Gasteiger partial charge in [0, 0.05) is 25.1 Å². The molecule has 0 saturated carbocycles. The van der Waals surface area contributed by atoms with Crippen molar-refractivity contribution >= 4 is 17.3 Å². The Bertz CT molecular complexity index is 521. The van der Waals surface area contributed by atoms with E-state index in [0.29, 0.717) is 12.6 Å². The number of carbonyl (C=O) groups is 1. The summed E-state index contributed by atoms with van der Waals surface area (Å²) in [5.74, 6) is -3.33. The first kappa shape index (κ1) is 16.0. The Morgan fingerprint density at radius 2 is 2.05 bits per heavy atom. The SMILES string of the molecule is CC(C)NCCC(=O)Nc1c([N+](=O)[O-])ccc(F)c1F. The zero-order chi connectivity index (χ0) is 15.3. The maximum absolute atomic E-state index is 13.5. The molecule has 0 unspecified atom stereocenters. The molecule has 0 spiro atoms. The van der Waals surface area contributed by atoms with Gasteiger partial charge in [0.1, 0.15) is 0 Å². The predicted molar refractivity (Wildman–Crippen MR) is 69.4 cm³/mol. The summed E-state index contributed by atoms with van der Waals surface area (Å²) in [6.45, 7) is 4.10. The van der Waals surface area contributed by atoms with Gasteiger partial charge in [-0.15, -0.1) is 0 Å². The van der Waals surface area contributed by atoms with E-state index in [1.165, 1.54) is 0 Å². The molecule has 6 nitrogen and oxygen atoms in total. The molecule has 2 N–H and O–H groups in total. The van der Waals surface area contributed by atoms with Crippen molar-refractivity contribution in [2.24, 2.45) is 0 Å². The number of hydrogen-bond donors (Lipinski definition) is 2. The summed E-state index contributed by atoms with van der Waals surface area (Å²) in [4.78, 5) is 21.4. The molecule has 0 bridgehead atoms. The van der Waals surface area contributed by atoms with Gasteiger partial charge in [-0.05, 0) is 6.07 Å². The predicted octanol–water partition coefficient (Wildman–Crippen LogP) is 2.20. The van der Waals surface area contributed by atoms with Gasteiger partial charge in [-0.3, -0.25) is 14.9 Å². The van der Waals surface area contributed by atoms with E-state index in [9.17, 15) is 23.7 Å². The van der Waals surface area contributed by atoms with E-state index in [-0.39, 0.29) is 12.5 Å². The van der Waals surface area contributed by atoms with Gasteiger partial charge in [0.2, 0.25) is 5.91 Å². The number of nitro groups is 1. The highest BCUT2D eigenvalue weighted by atomic mass is 19.2. The molecule has 1 amide bonds. The van der Waals surface area contributed by atoms with Crippen molar-refractivity contribution in [3.63, 3.8) is 0 Å². The molecule has 0 aromatic heterocycles. The molecule has 0 saturated heterocycles. The second kappa shape index (κ2) is 6.90. The number of hydrogen-bond acceptors (Lipinski definition) is 4. The van der Waals surface area contributed by atoms with Crippen molar-refractivity contribution in [3.05, 3.63) is 33.9 Å². The Kier molecular flexibility index (Phi) is 5.51. The molecule has 0 radical (unpaired) electrons. The number of benzene rings is 1. The van der Waals surface area contributed by atoms with Crippen LogP contribution in [0.2, 0.25) is 0 Å². The molecule has 0 aliphatic rings. The third kappa shape index (κ3) is 4.23. The van der Waals surface area contributed by atoms with Gasteiger partial charge < -0.3 is 10.6 Å². The van der Waals surface area contributed by atoms with Crippen LogP contribution in [-0.2, 0) is 4.79 Å². The van der Waals surface area contributed by atoms with Crippen LogP contribution in [-0.4, -0.2) is 23.4 Å².